The third kappa shape index (κ3) is 5.90. The van der Waals surface area contributed by atoms with Crippen molar-refractivity contribution in [3.63, 3.8) is 0 Å². The van der Waals surface area contributed by atoms with E-state index in [2.05, 4.69) is 21.1 Å². The highest BCUT2D eigenvalue weighted by molar-refractivity contribution is 6.35. The van der Waals surface area contributed by atoms with Crippen molar-refractivity contribution in [2.75, 3.05) is 0 Å². The second-order valence-corrected chi connectivity index (χ2v) is 3.28. The number of nitrogens with one attached hydrogen (secondary N) is 2. The molecule has 0 rings (SSSR count). The fourth-order valence-electron chi connectivity index (χ4n) is 0.552. The molecule has 0 aliphatic carbocycles. The highest BCUT2D eigenvalue weighted by Crippen LogP contribution is 1.83. The van der Waals surface area contributed by atoms with Crippen LogP contribution in [0.5, 0.6) is 0 Å². The zero-order valence-corrected chi connectivity index (χ0v) is 10.1. The van der Waals surface area contributed by atoms with Gasteiger partial charge < -0.3 is 0 Å². The Labute approximate surface area is 95.2 Å². The molecule has 90 valence electrons. The van der Waals surface area contributed by atoms with Gasteiger partial charge in [-0.25, -0.2) is 10.9 Å². The van der Waals surface area contributed by atoms with Crippen molar-refractivity contribution in [2.24, 2.45) is 10.2 Å². The highest BCUT2D eigenvalue weighted by Gasteiger charge is 2.11. The van der Waals surface area contributed by atoms with Gasteiger partial charge in [-0.15, -0.1) is 0 Å². The number of carbonyl (C=O) groups is 2. The van der Waals surface area contributed by atoms with E-state index in [0.717, 1.165) is 24.3 Å². The molecule has 0 spiro atoms. The highest BCUT2D eigenvalue weighted by atomic mass is 16.2. The third-order valence-corrected chi connectivity index (χ3v) is 1.93. The Balaban J connectivity index is 4.16. The zero-order valence-electron chi connectivity index (χ0n) is 10.1. The van der Waals surface area contributed by atoms with Gasteiger partial charge in [-0.2, -0.15) is 10.2 Å². The van der Waals surface area contributed by atoms with Crippen molar-refractivity contribution in [3.8, 4) is 0 Å². The number of rotatable bonds is 4. The van der Waals surface area contributed by atoms with Crippen molar-refractivity contribution in [2.45, 2.75) is 40.5 Å². The number of hydrogen-bond acceptors (Lipinski definition) is 4. The Morgan fingerprint density at radius 2 is 1.19 bits per heavy atom. The van der Waals surface area contributed by atoms with E-state index in [1.807, 2.05) is 13.8 Å². The molecular weight excluding hydrogens is 208 g/mol. The maximum atomic E-state index is 11.2. The first-order valence-electron chi connectivity index (χ1n) is 5.17. The summed E-state index contributed by atoms with van der Waals surface area (Å²) in [5.74, 6) is -1.64. The van der Waals surface area contributed by atoms with E-state index in [4.69, 9.17) is 0 Å². The zero-order chi connectivity index (χ0) is 12.6. The third-order valence-electron chi connectivity index (χ3n) is 1.93. The van der Waals surface area contributed by atoms with E-state index in [-0.39, 0.29) is 0 Å². The van der Waals surface area contributed by atoms with Gasteiger partial charge in [0.1, 0.15) is 0 Å². The van der Waals surface area contributed by atoms with Gasteiger partial charge in [0, 0.05) is 11.4 Å². The maximum Gasteiger partial charge on any atom is 0.331 e. The lowest BCUT2D eigenvalue weighted by atomic mass is 10.3. The maximum absolute atomic E-state index is 11.2. The van der Waals surface area contributed by atoms with Crippen LogP contribution in [0.4, 0.5) is 0 Å². The molecule has 0 saturated heterocycles. The van der Waals surface area contributed by atoms with Crippen LogP contribution in [0, 0.1) is 0 Å². The monoisotopic (exact) mass is 226 g/mol. The average Bonchev–Trinajstić information content (AvgIpc) is 2.31. The Morgan fingerprint density at radius 1 is 0.875 bits per heavy atom. The summed E-state index contributed by atoms with van der Waals surface area (Å²) in [6.07, 6.45) is 1.43. The molecule has 2 N–H and O–H groups in total. The first kappa shape index (κ1) is 14.3. The number of carbonyl (C=O) groups excluding carboxylic acids is 2. The molecule has 2 amide bonds. The Bertz CT molecular complexity index is 289. The summed E-state index contributed by atoms with van der Waals surface area (Å²) < 4.78 is 0. The number of amides is 2. The predicted molar refractivity (Wildman–Crippen MR) is 63.1 cm³/mol. The summed E-state index contributed by atoms with van der Waals surface area (Å²) >= 11 is 0. The fraction of sp³-hybridized carbons (Fsp3) is 0.600. The van der Waals surface area contributed by atoms with Crippen molar-refractivity contribution in [1.82, 2.24) is 10.9 Å². The lowest BCUT2D eigenvalue weighted by molar-refractivity contribution is -0.139. The molecule has 16 heavy (non-hydrogen) atoms. The summed E-state index contributed by atoms with van der Waals surface area (Å²) in [6.45, 7) is 7.33. The second kappa shape index (κ2) is 7.56. The molecule has 0 aromatic carbocycles. The predicted octanol–water partition coefficient (Wildman–Crippen LogP) is 0.791. The van der Waals surface area contributed by atoms with E-state index in [9.17, 15) is 9.59 Å². The summed E-state index contributed by atoms with van der Waals surface area (Å²) in [5, 5.41) is 7.44. The minimum absolute atomic E-state index is 0.717. The molecule has 6 nitrogen and oxygen atoms in total. The van der Waals surface area contributed by atoms with Gasteiger partial charge in [0.2, 0.25) is 0 Å². The minimum Gasteiger partial charge on any atom is -0.262 e. The van der Waals surface area contributed by atoms with E-state index >= 15 is 0 Å². The van der Waals surface area contributed by atoms with Gasteiger partial charge in [0.15, 0.2) is 0 Å². The van der Waals surface area contributed by atoms with Crippen LogP contribution in [0.3, 0.4) is 0 Å². The first-order valence-corrected chi connectivity index (χ1v) is 5.17. The molecule has 0 unspecified atom stereocenters. The van der Waals surface area contributed by atoms with E-state index < -0.39 is 11.8 Å². The van der Waals surface area contributed by atoms with Crippen molar-refractivity contribution >= 4 is 23.2 Å². The summed E-state index contributed by atoms with van der Waals surface area (Å²) in [7, 11) is 0. The lowest BCUT2D eigenvalue weighted by Crippen LogP contribution is -2.35. The normalized spacial score (nSPS) is 12.2. The van der Waals surface area contributed by atoms with Crippen molar-refractivity contribution in [3.05, 3.63) is 0 Å². The lowest BCUT2D eigenvalue weighted by Gasteiger charge is -2.00. The van der Waals surface area contributed by atoms with Crippen molar-refractivity contribution in [1.29, 1.82) is 0 Å². The van der Waals surface area contributed by atoms with Gasteiger partial charge in [-0.3, -0.25) is 9.59 Å². The van der Waals surface area contributed by atoms with Gasteiger partial charge >= 0.3 is 11.8 Å². The van der Waals surface area contributed by atoms with Gasteiger partial charge in [-0.05, 0) is 26.7 Å². The molecule has 0 aromatic rings. The molecule has 6 heteroatoms. The fourth-order valence-corrected chi connectivity index (χ4v) is 0.552. The van der Waals surface area contributed by atoms with Crippen LogP contribution in [0.1, 0.15) is 40.5 Å². The van der Waals surface area contributed by atoms with E-state index in [1.165, 1.54) is 0 Å². The minimum atomic E-state index is -0.819. The SMILES string of the molecule is CC/C(C)=N/NC(=O)C(=O)N/N=C(\C)CC. The molecule has 0 aliphatic rings. The molecule has 0 radical (unpaired) electrons. The summed E-state index contributed by atoms with van der Waals surface area (Å²) in [6, 6.07) is 0. The van der Waals surface area contributed by atoms with Gasteiger partial charge in [-0.1, -0.05) is 13.8 Å². The number of nitrogens with zero attached hydrogens (tertiary/aromatic N) is 2. The molecule has 0 aromatic heterocycles. The Kier molecular flexibility index (Phi) is 6.74. The molecule has 0 fully saturated rings. The second-order valence-electron chi connectivity index (χ2n) is 3.28. The Morgan fingerprint density at radius 3 is 1.44 bits per heavy atom. The quantitative estimate of drug-likeness (QED) is 0.422. The van der Waals surface area contributed by atoms with E-state index in [0.29, 0.717) is 0 Å². The molecule has 0 saturated carbocycles. The summed E-state index contributed by atoms with van der Waals surface area (Å²) in [4.78, 5) is 22.3. The van der Waals surface area contributed by atoms with Crippen LogP contribution in [0.25, 0.3) is 0 Å². The van der Waals surface area contributed by atoms with Crippen LogP contribution < -0.4 is 10.9 Å². The summed E-state index contributed by atoms with van der Waals surface area (Å²) in [5.41, 5.74) is 5.77. The van der Waals surface area contributed by atoms with Crippen LogP contribution in [0.2, 0.25) is 0 Å². The molecule has 0 atom stereocenters. The van der Waals surface area contributed by atoms with Gasteiger partial charge in [0.25, 0.3) is 0 Å². The topological polar surface area (TPSA) is 82.9 Å². The largest absolute Gasteiger partial charge is 0.331 e. The van der Waals surface area contributed by atoms with Crippen LogP contribution in [-0.4, -0.2) is 23.2 Å². The molecule has 0 aliphatic heterocycles. The van der Waals surface area contributed by atoms with Crippen LogP contribution in [0.15, 0.2) is 10.2 Å². The van der Waals surface area contributed by atoms with Crippen LogP contribution >= 0.6 is 0 Å². The molecule has 0 heterocycles. The number of hydrazone groups is 2. The van der Waals surface area contributed by atoms with Crippen LogP contribution in [-0.2, 0) is 9.59 Å². The van der Waals surface area contributed by atoms with Crippen molar-refractivity contribution < 1.29 is 9.59 Å². The number of hydrogen-bond donors (Lipinski definition) is 2. The van der Waals surface area contributed by atoms with E-state index in [1.54, 1.807) is 13.8 Å². The smallest absolute Gasteiger partial charge is 0.262 e. The average molecular weight is 226 g/mol. The Hall–Kier alpha value is -1.72. The molecule has 0 bridgehead atoms. The van der Waals surface area contributed by atoms with Gasteiger partial charge in [0.05, 0.1) is 0 Å². The standard InChI is InChI=1S/C10H18N4O2/c1-5-7(3)11-13-9(15)10(16)14-12-8(4)6-2/h5-6H2,1-4H3,(H,13,15)(H,14,16)/b11-7+,12-8+. The molecular formula is C10H18N4O2. The first-order chi connectivity index (χ1) is 7.51.